The van der Waals surface area contributed by atoms with E-state index in [4.69, 9.17) is 10.3 Å². The number of carbonyl (C=O) groups is 1. The van der Waals surface area contributed by atoms with E-state index in [1.165, 1.54) is 0 Å². The van der Waals surface area contributed by atoms with Crippen LogP contribution in [0, 0.1) is 0 Å². The van der Waals surface area contributed by atoms with Gasteiger partial charge in [0, 0.05) is 6.16 Å². The SMILES string of the molecule is CCCCO[PH](=O)CCCCOC(N)=O. The van der Waals surface area contributed by atoms with Crippen molar-refractivity contribution < 1.29 is 18.6 Å². The van der Waals surface area contributed by atoms with Crippen molar-refractivity contribution in [1.29, 1.82) is 0 Å². The van der Waals surface area contributed by atoms with Gasteiger partial charge in [-0.25, -0.2) is 4.79 Å². The Balaban J connectivity index is 3.20. The average Bonchev–Trinajstić information content (AvgIpc) is 2.17. The second kappa shape index (κ2) is 9.99. The number of rotatable bonds is 9. The molecular formula is C9H20NO4P. The summed E-state index contributed by atoms with van der Waals surface area (Å²) in [5.74, 6) is 0. The van der Waals surface area contributed by atoms with Crippen molar-refractivity contribution in [3.05, 3.63) is 0 Å². The largest absolute Gasteiger partial charge is 0.450 e. The molecule has 0 radical (unpaired) electrons. The zero-order valence-electron chi connectivity index (χ0n) is 9.16. The molecule has 0 bridgehead atoms. The number of nitrogens with two attached hydrogens (primary N) is 1. The summed E-state index contributed by atoms with van der Waals surface area (Å²) in [6.07, 6.45) is 3.19. The lowest BCUT2D eigenvalue weighted by molar-refractivity contribution is 0.155. The number of primary amides is 1. The molecule has 5 nitrogen and oxygen atoms in total. The van der Waals surface area contributed by atoms with E-state index < -0.39 is 14.1 Å². The van der Waals surface area contributed by atoms with Crippen molar-refractivity contribution in [2.24, 2.45) is 5.73 Å². The van der Waals surface area contributed by atoms with Crippen LogP contribution in [0.25, 0.3) is 0 Å². The molecule has 1 atom stereocenters. The lowest BCUT2D eigenvalue weighted by Gasteiger charge is -2.03. The maximum absolute atomic E-state index is 11.2. The van der Waals surface area contributed by atoms with E-state index >= 15 is 0 Å². The van der Waals surface area contributed by atoms with Gasteiger partial charge in [-0.3, -0.25) is 4.57 Å². The topological polar surface area (TPSA) is 78.6 Å². The summed E-state index contributed by atoms with van der Waals surface area (Å²) < 4.78 is 20.9. The van der Waals surface area contributed by atoms with Crippen LogP contribution >= 0.6 is 8.03 Å². The van der Waals surface area contributed by atoms with E-state index in [0.717, 1.165) is 19.3 Å². The van der Waals surface area contributed by atoms with E-state index in [9.17, 15) is 9.36 Å². The van der Waals surface area contributed by atoms with Crippen LogP contribution in [0.3, 0.4) is 0 Å². The Morgan fingerprint density at radius 1 is 1.27 bits per heavy atom. The minimum Gasteiger partial charge on any atom is -0.450 e. The molecule has 1 amide bonds. The first kappa shape index (κ1) is 14.5. The number of hydrogen-bond donors (Lipinski definition) is 1. The van der Waals surface area contributed by atoms with Crippen molar-refractivity contribution in [2.45, 2.75) is 32.6 Å². The Morgan fingerprint density at radius 2 is 2.00 bits per heavy atom. The van der Waals surface area contributed by atoms with E-state index in [1.807, 2.05) is 0 Å². The normalized spacial score (nSPS) is 12.3. The van der Waals surface area contributed by atoms with Crippen LogP contribution in [-0.2, 0) is 13.8 Å². The minimum absolute atomic E-state index is 0.291. The predicted octanol–water partition coefficient (Wildman–Crippen LogP) is 2.15. The second-order valence-corrected chi connectivity index (χ2v) is 4.73. The predicted molar refractivity (Wildman–Crippen MR) is 59.5 cm³/mol. The monoisotopic (exact) mass is 237 g/mol. The van der Waals surface area contributed by atoms with Gasteiger partial charge >= 0.3 is 6.09 Å². The van der Waals surface area contributed by atoms with Gasteiger partial charge in [-0.2, -0.15) is 0 Å². The highest BCUT2D eigenvalue weighted by Gasteiger charge is 2.00. The fraction of sp³-hybridized carbons (Fsp3) is 0.889. The molecule has 15 heavy (non-hydrogen) atoms. The molecule has 0 aromatic carbocycles. The van der Waals surface area contributed by atoms with Gasteiger partial charge in [0.25, 0.3) is 0 Å². The summed E-state index contributed by atoms with van der Waals surface area (Å²) in [4.78, 5) is 10.2. The summed E-state index contributed by atoms with van der Waals surface area (Å²) in [5, 5.41) is 0. The number of hydrogen-bond acceptors (Lipinski definition) is 4. The van der Waals surface area contributed by atoms with Crippen LogP contribution in [0.2, 0.25) is 0 Å². The van der Waals surface area contributed by atoms with Crippen LogP contribution in [0.4, 0.5) is 4.79 Å². The van der Waals surface area contributed by atoms with E-state index in [-0.39, 0.29) is 0 Å². The molecule has 0 aliphatic rings. The van der Waals surface area contributed by atoms with E-state index in [2.05, 4.69) is 11.7 Å². The molecule has 90 valence electrons. The molecule has 0 aliphatic heterocycles. The van der Waals surface area contributed by atoms with Gasteiger partial charge in [0.1, 0.15) is 0 Å². The Labute approximate surface area is 91.2 Å². The molecule has 0 fully saturated rings. The van der Waals surface area contributed by atoms with E-state index in [1.54, 1.807) is 0 Å². The van der Waals surface area contributed by atoms with Crippen molar-refractivity contribution in [3.63, 3.8) is 0 Å². The molecule has 0 aliphatic carbocycles. The molecule has 0 saturated carbocycles. The highest BCUT2D eigenvalue weighted by atomic mass is 31.1. The van der Waals surface area contributed by atoms with Gasteiger partial charge < -0.3 is 15.0 Å². The summed E-state index contributed by atoms with van der Waals surface area (Å²) in [7, 11) is -1.88. The smallest absolute Gasteiger partial charge is 0.404 e. The number of amides is 1. The Bertz CT molecular complexity index is 199. The number of unbranched alkanes of at least 4 members (excludes halogenated alkanes) is 2. The van der Waals surface area contributed by atoms with Crippen LogP contribution in [0.15, 0.2) is 0 Å². The molecule has 0 rings (SSSR count). The van der Waals surface area contributed by atoms with Crippen LogP contribution in [0.5, 0.6) is 0 Å². The van der Waals surface area contributed by atoms with Crippen molar-refractivity contribution >= 4 is 14.1 Å². The molecule has 0 heterocycles. The molecule has 2 N–H and O–H groups in total. The van der Waals surface area contributed by atoms with Crippen molar-refractivity contribution in [1.82, 2.24) is 0 Å². The Morgan fingerprint density at radius 3 is 2.60 bits per heavy atom. The summed E-state index contributed by atoms with van der Waals surface area (Å²) in [6, 6.07) is 0. The van der Waals surface area contributed by atoms with Crippen LogP contribution in [0.1, 0.15) is 32.6 Å². The average molecular weight is 237 g/mol. The molecular weight excluding hydrogens is 217 g/mol. The molecule has 0 aromatic rings. The van der Waals surface area contributed by atoms with Gasteiger partial charge in [-0.05, 0) is 19.3 Å². The van der Waals surface area contributed by atoms with Crippen molar-refractivity contribution in [3.8, 4) is 0 Å². The number of ether oxygens (including phenoxy) is 1. The van der Waals surface area contributed by atoms with Crippen molar-refractivity contribution in [2.75, 3.05) is 19.4 Å². The third-order valence-electron chi connectivity index (χ3n) is 1.78. The van der Waals surface area contributed by atoms with Crippen LogP contribution < -0.4 is 5.73 Å². The fourth-order valence-electron chi connectivity index (χ4n) is 0.947. The maximum atomic E-state index is 11.2. The lowest BCUT2D eigenvalue weighted by atomic mass is 10.4. The Kier molecular flexibility index (Phi) is 9.63. The minimum atomic E-state index is -1.88. The molecule has 0 aromatic heterocycles. The molecule has 6 heteroatoms. The lowest BCUT2D eigenvalue weighted by Crippen LogP contribution is -2.13. The van der Waals surface area contributed by atoms with Crippen LogP contribution in [-0.4, -0.2) is 25.5 Å². The summed E-state index contributed by atoms with van der Waals surface area (Å²) in [6.45, 7) is 2.92. The highest BCUT2D eigenvalue weighted by Crippen LogP contribution is 2.23. The van der Waals surface area contributed by atoms with Gasteiger partial charge in [0.05, 0.1) is 13.2 Å². The third kappa shape index (κ3) is 11.4. The molecule has 0 spiro atoms. The van der Waals surface area contributed by atoms with Gasteiger partial charge in [0.2, 0.25) is 0 Å². The Hall–Kier alpha value is -0.540. The second-order valence-electron chi connectivity index (χ2n) is 3.20. The standard InChI is InChI=1S/C9H20NO4P/c1-2-3-7-14-15(12)8-5-4-6-13-9(10)11/h15H,2-8H2,1H3,(H2,10,11). The summed E-state index contributed by atoms with van der Waals surface area (Å²) >= 11 is 0. The first-order chi connectivity index (χ1) is 7.16. The summed E-state index contributed by atoms with van der Waals surface area (Å²) in [5.41, 5.74) is 4.77. The number of carbonyl (C=O) groups excluding carboxylic acids is 1. The van der Waals surface area contributed by atoms with Gasteiger partial charge in [-0.15, -0.1) is 0 Å². The fourth-order valence-corrected chi connectivity index (χ4v) is 2.00. The quantitative estimate of drug-likeness (QED) is 0.492. The highest BCUT2D eigenvalue weighted by molar-refractivity contribution is 7.39. The zero-order valence-corrected chi connectivity index (χ0v) is 10.2. The third-order valence-corrected chi connectivity index (χ3v) is 3.07. The van der Waals surface area contributed by atoms with Gasteiger partial charge in [0.15, 0.2) is 8.03 Å². The first-order valence-corrected chi connectivity index (χ1v) is 6.77. The van der Waals surface area contributed by atoms with E-state index in [0.29, 0.717) is 25.8 Å². The van der Waals surface area contributed by atoms with Gasteiger partial charge in [-0.1, -0.05) is 13.3 Å². The maximum Gasteiger partial charge on any atom is 0.404 e. The zero-order chi connectivity index (χ0) is 11.5. The molecule has 1 unspecified atom stereocenters. The first-order valence-electron chi connectivity index (χ1n) is 5.24. The molecule has 0 saturated heterocycles.